The quantitative estimate of drug-likeness (QED) is 0.229. The summed E-state index contributed by atoms with van der Waals surface area (Å²) in [5.41, 5.74) is 8.41. The van der Waals surface area contributed by atoms with Crippen molar-refractivity contribution in [2.75, 3.05) is 26.1 Å². The Labute approximate surface area is 236 Å². The monoisotopic (exact) mass is 563 g/mol. The minimum Gasteiger partial charge on any atom is -0.497 e. The number of ether oxygens (including phenoxy) is 1. The molecule has 2 atom stereocenters. The number of hydrogen-bond acceptors (Lipinski definition) is 8. The maximum atomic E-state index is 13.4. The number of aromatic nitrogens is 2. The lowest BCUT2D eigenvalue weighted by Crippen LogP contribution is -2.46. The van der Waals surface area contributed by atoms with Crippen LogP contribution in [-0.2, 0) is 11.3 Å². The molecule has 5 N–H and O–H groups in total. The molecule has 40 heavy (non-hydrogen) atoms. The highest BCUT2D eigenvalue weighted by Gasteiger charge is 2.35. The molecule has 0 saturated heterocycles. The maximum Gasteiger partial charge on any atom is 0.255 e. The van der Waals surface area contributed by atoms with Gasteiger partial charge in [0.25, 0.3) is 5.91 Å². The number of nitrogens with zero attached hydrogens (tertiary/aromatic N) is 4. The Kier molecular flexibility index (Phi) is 8.97. The van der Waals surface area contributed by atoms with Gasteiger partial charge in [-0.1, -0.05) is 35.9 Å². The molecule has 12 heteroatoms. The number of anilines is 1. The number of carbonyl (C=O) groups excluding carboxylic acids is 2. The molecule has 3 aromatic rings. The van der Waals surface area contributed by atoms with E-state index in [-0.39, 0.29) is 25.0 Å². The molecule has 0 radical (unpaired) electrons. The third kappa shape index (κ3) is 6.05. The zero-order chi connectivity index (χ0) is 28.8. The van der Waals surface area contributed by atoms with Crippen molar-refractivity contribution in [3.8, 4) is 17.0 Å². The van der Waals surface area contributed by atoms with Crippen LogP contribution in [0.5, 0.6) is 5.75 Å². The predicted molar refractivity (Wildman–Crippen MR) is 153 cm³/mol. The van der Waals surface area contributed by atoms with Gasteiger partial charge in [-0.15, -0.1) is 0 Å². The van der Waals surface area contributed by atoms with Crippen molar-refractivity contribution in [2.24, 2.45) is 10.7 Å². The third-order valence-corrected chi connectivity index (χ3v) is 6.81. The minimum atomic E-state index is -0.788. The van der Waals surface area contributed by atoms with Crippen LogP contribution in [0.15, 0.2) is 65.9 Å². The van der Waals surface area contributed by atoms with Crippen molar-refractivity contribution in [3.05, 3.63) is 82.7 Å². The van der Waals surface area contributed by atoms with E-state index in [1.54, 1.807) is 57.5 Å². The number of rotatable bonds is 9. The van der Waals surface area contributed by atoms with E-state index in [1.807, 2.05) is 12.1 Å². The second-order valence-corrected chi connectivity index (χ2v) is 9.39. The number of fused-ring (bicyclic) bond motifs is 1. The summed E-state index contributed by atoms with van der Waals surface area (Å²) in [6.07, 6.45) is 4.37. The number of carbonyl (C=O) groups is 2. The standard InChI is InChI=1S/C28H30ClN7O4/c1-16(26(38)33-23(15-37)17-5-4-6-20(11-17)40-3)36-14-19-8-7-18(12-21(19)27(36)39)25-22(29)13-32-28(35-25)34-24(31-2)9-10-30/h4-13,16,23,37H,14-15,30H2,1-3H3,(H,33,38)(H,31,32,34,35)/t16-,23-/m1/s1. The largest absolute Gasteiger partial charge is 0.497 e. The molecule has 1 aliphatic heterocycles. The zero-order valence-corrected chi connectivity index (χ0v) is 23.0. The molecular weight excluding hydrogens is 534 g/mol. The number of nitrogens with two attached hydrogens (primary N) is 1. The van der Waals surface area contributed by atoms with E-state index in [9.17, 15) is 14.7 Å². The van der Waals surface area contributed by atoms with Crippen LogP contribution in [0.1, 0.15) is 34.5 Å². The number of aliphatic hydroxyl groups excluding tert-OH is 1. The van der Waals surface area contributed by atoms with Gasteiger partial charge >= 0.3 is 0 Å². The normalized spacial score (nSPS) is 14.7. The molecule has 0 saturated carbocycles. The summed E-state index contributed by atoms with van der Waals surface area (Å²) in [7, 11) is 3.14. The van der Waals surface area contributed by atoms with Gasteiger partial charge < -0.3 is 31.1 Å². The van der Waals surface area contributed by atoms with E-state index in [1.165, 1.54) is 17.3 Å². The number of aliphatic hydroxyl groups is 1. The van der Waals surface area contributed by atoms with Gasteiger partial charge in [0.2, 0.25) is 11.9 Å². The van der Waals surface area contributed by atoms with Crippen LogP contribution in [0.3, 0.4) is 0 Å². The highest BCUT2D eigenvalue weighted by Crippen LogP contribution is 2.32. The van der Waals surface area contributed by atoms with E-state index in [0.717, 1.165) is 5.56 Å². The fraction of sp³-hybridized carbons (Fsp3) is 0.250. The Morgan fingerprint density at radius 1 is 1.32 bits per heavy atom. The van der Waals surface area contributed by atoms with Gasteiger partial charge in [0.05, 0.1) is 36.7 Å². The van der Waals surface area contributed by atoms with Crippen molar-refractivity contribution in [2.45, 2.75) is 25.6 Å². The molecule has 2 aromatic carbocycles. The number of nitrogens with one attached hydrogen (secondary N) is 2. The third-order valence-electron chi connectivity index (χ3n) is 6.54. The molecule has 1 aliphatic rings. The van der Waals surface area contributed by atoms with Crippen molar-refractivity contribution < 1.29 is 19.4 Å². The van der Waals surface area contributed by atoms with E-state index in [4.69, 9.17) is 22.1 Å². The molecular formula is C28H30ClN7O4. The summed E-state index contributed by atoms with van der Waals surface area (Å²) >= 11 is 6.41. The molecule has 0 unspecified atom stereocenters. The molecule has 0 aliphatic carbocycles. The lowest BCUT2D eigenvalue weighted by molar-refractivity contribution is -0.126. The van der Waals surface area contributed by atoms with Gasteiger partial charge in [-0.3, -0.25) is 14.6 Å². The Hall–Kier alpha value is -4.48. The minimum absolute atomic E-state index is 0.256. The van der Waals surface area contributed by atoms with Crippen molar-refractivity contribution in [1.82, 2.24) is 20.2 Å². The van der Waals surface area contributed by atoms with Gasteiger partial charge in [0.1, 0.15) is 17.6 Å². The number of hydrogen-bond donors (Lipinski definition) is 4. The van der Waals surface area contributed by atoms with Crippen molar-refractivity contribution >= 4 is 35.2 Å². The Morgan fingerprint density at radius 2 is 2.12 bits per heavy atom. The van der Waals surface area contributed by atoms with E-state index >= 15 is 0 Å². The number of methoxy groups -OCH3 is 1. The summed E-state index contributed by atoms with van der Waals surface area (Å²) in [6, 6.07) is 11.0. The number of aliphatic imine (C=N–C) groups is 1. The van der Waals surface area contributed by atoms with E-state index in [0.29, 0.717) is 39.0 Å². The zero-order valence-electron chi connectivity index (χ0n) is 22.3. The topological polar surface area (TPSA) is 155 Å². The van der Waals surface area contributed by atoms with E-state index in [2.05, 4.69) is 25.6 Å². The highest BCUT2D eigenvalue weighted by atomic mass is 35.5. The summed E-state index contributed by atoms with van der Waals surface area (Å²) in [6.45, 7) is 1.60. The van der Waals surface area contributed by atoms with Crippen LogP contribution in [-0.4, -0.2) is 64.4 Å². The molecule has 2 amide bonds. The molecule has 11 nitrogen and oxygen atoms in total. The molecule has 0 bridgehead atoms. The summed E-state index contributed by atoms with van der Waals surface area (Å²) in [5.74, 6) is 0.636. The van der Waals surface area contributed by atoms with Crippen molar-refractivity contribution in [3.63, 3.8) is 0 Å². The lowest BCUT2D eigenvalue weighted by atomic mass is 10.0. The molecule has 1 aromatic heterocycles. The Balaban J connectivity index is 1.52. The molecule has 4 rings (SSSR count). The van der Waals surface area contributed by atoms with Crippen LogP contribution in [0.25, 0.3) is 11.3 Å². The van der Waals surface area contributed by atoms with Gasteiger partial charge in [0.15, 0.2) is 0 Å². The first-order valence-electron chi connectivity index (χ1n) is 12.4. The average Bonchev–Trinajstić information content (AvgIpc) is 3.31. The second-order valence-electron chi connectivity index (χ2n) is 8.98. The average molecular weight is 564 g/mol. The Morgan fingerprint density at radius 3 is 2.83 bits per heavy atom. The molecule has 208 valence electrons. The van der Waals surface area contributed by atoms with Crippen LogP contribution in [0, 0.1) is 0 Å². The Bertz CT molecular complexity index is 1480. The predicted octanol–water partition coefficient (Wildman–Crippen LogP) is 2.91. The second kappa shape index (κ2) is 12.6. The van der Waals surface area contributed by atoms with Gasteiger partial charge in [-0.05, 0) is 48.5 Å². The molecule has 0 spiro atoms. The summed E-state index contributed by atoms with van der Waals surface area (Å²) < 4.78 is 5.24. The van der Waals surface area contributed by atoms with Crippen molar-refractivity contribution in [1.29, 1.82) is 0 Å². The van der Waals surface area contributed by atoms with Gasteiger partial charge in [0, 0.05) is 24.7 Å². The first-order valence-corrected chi connectivity index (χ1v) is 12.8. The molecule has 0 fully saturated rings. The van der Waals surface area contributed by atoms with Gasteiger partial charge in [-0.2, -0.15) is 0 Å². The lowest BCUT2D eigenvalue weighted by Gasteiger charge is -2.26. The number of amidine groups is 1. The highest BCUT2D eigenvalue weighted by molar-refractivity contribution is 6.33. The summed E-state index contributed by atoms with van der Waals surface area (Å²) in [5, 5.41) is 16.0. The van der Waals surface area contributed by atoms with E-state index < -0.39 is 18.0 Å². The smallest absolute Gasteiger partial charge is 0.255 e. The van der Waals surface area contributed by atoms with Crippen LogP contribution >= 0.6 is 11.6 Å². The number of benzene rings is 2. The van der Waals surface area contributed by atoms with Crippen LogP contribution < -0.4 is 21.1 Å². The maximum absolute atomic E-state index is 13.4. The first-order chi connectivity index (χ1) is 19.3. The fourth-order valence-electron chi connectivity index (χ4n) is 4.32. The van der Waals surface area contributed by atoms with Crippen LogP contribution in [0.2, 0.25) is 5.02 Å². The van der Waals surface area contributed by atoms with Gasteiger partial charge in [-0.25, -0.2) is 9.97 Å². The van der Waals surface area contributed by atoms with Crippen LogP contribution in [0.4, 0.5) is 5.95 Å². The number of halogens is 1. The summed E-state index contributed by atoms with van der Waals surface area (Å²) in [4.78, 5) is 40.8. The fourth-order valence-corrected chi connectivity index (χ4v) is 4.52. The first kappa shape index (κ1) is 28.5. The number of amides is 2. The SMILES string of the molecule is CN=C(C=CN)Nc1ncc(Cl)c(-c2ccc3c(c2)C(=O)N([C@H](C)C(=O)N[C@H](CO)c2cccc(OC)c2)C3)n1. The molecule has 2 heterocycles.